The number of halogens is 1. The fourth-order valence-electron chi connectivity index (χ4n) is 3.05. The molecule has 0 spiro atoms. The first kappa shape index (κ1) is 26.9. The lowest BCUT2D eigenvalue weighted by Gasteiger charge is -2.35. The van der Waals surface area contributed by atoms with Gasteiger partial charge in [-0.05, 0) is 25.7 Å². The quantitative estimate of drug-likeness (QED) is 0.211. The maximum absolute atomic E-state index is 12.5. The van der Waals surface area contributed by atoms with E-state index in [1.54, 1.807) is 21.2 Å². The molecule has 28 heavy (non-hydrogen) atoms. The molecule has 0 bridgehead atoms. The molecule has 0 aromatic heterocycles. The predicted octanol–water partition coefficient (Wildman–Crippen LogP) is 1.30. The Bertz CT molecular complexity index is 490. The number of carbonyl (C=O) groups is 2. The number of aliphatic imine (C=N–C) groups is 1. The Morgan fingerprint density at radius 3 is 2.32 bits per heavy atom. The van der Waals surface area contributed by atoms with Crippen LogP contribution < -0.4 is 10.6 Å². The number of nitrogens with one attached hydrogen (secondary N) is 2. The largest absolute Gasteiger partial charge is 0.383 e. The average molecular weight is 511 g/mol. The SMILES string of the molecule is CCC(CC)C(=O)N1CCC(NC(=NCC(=O)N(C)C)NCCOC)CC1.I. The molecule has 0 unspecified atom stereocenters. The summed E-state index contributed by atoms with van der Waals surface area (Å²) < 4.78 is 5.07. The number of hydrogen-bond donors (Lipinski definition) is 2. The van der Waals surface area contributed by atoms with Crippen LogP contribution in [0, 0.1) is 5.92 Å². The molecule has 1 rings (SSSR count). The van der Waals surface area contributed by atoms with Gasteiger partial charge in [-0.1, -0.05) is 13.8 Å². The van der Waals surface area contributed by atoms with Crippen molar-refractivity contribution in [1.82, 2.24) is 20.4 Å². The number of nitrogens with zero attached hydrogens (tertiary/aromatic N) is 3. The summed E-state index contributed by atoms with van der Waals surface area (Å²) in [5.74, 6) is 0.988. The van der Waals surface area contributed by atoms with Crippen LogP contribution in [0.1, 0.15) is 39.5 Å². The number of ether oxygens (including phenoxy) is 1. The highest BCUT2D eigenvalue weighted by Crippen LogP contribution is 2.17. The highest BCUT2D eigenvalue weighted by atomic mass is 127. The second kappa shape index (κ2) is 14.8. The molecule has 0 atom stereocenters. The zero-order valence-electron chi connectivity index (χ0n) is 18.0. The number of methoxy groups -OCH3 is 1. The fraction of sp³-hybridized carbons (Fsp3) is 0.842. The van der Waals surface area contributed by atoms with Crippen molar-refractivity contribution >= 4 is 41.8 Å². The molecule has 2 amide bonds. The third kappa shape index (κ3) is 9.40. The van der Waals surface area contributed by atoms with Crippen molar-refractivity contribution in [2.24, 2.45) is 10.9 Å². The summed E-state index contributed by atoms with van der Waals surface area (Å²) in [7, 11) is 5.08. The first-order chi connectivity index (χ1) is 12.9. The van der Waals surface area contributed by atoms with Crippen LogP contribution in [0.15, 0.2) is 4.99 Å². The van der Waals surface area contributed by atoms with E-state index in [0.29, 0.717) is 19.1 Å². The Labute approximate surface area is 186 Å². The molecule has 1 fully saturated rings. The highest BCUT2D eigenvalue weighted by Gasteiger charge is 2.26. The monoisotopic (exact) mass is 511 g/mol. The molecule has 9 heteroatoms. The van der Waals surface area contributed by atoms with Gasteiger partial charge in [0.25, 0.3) is 0 Å². The van der Waals surface area contributed by atoms with Crippen LogP contribution in [0.2, 0.25) is 0 Å². The lowest BCUT2D eigenvalue weighted by molar-refractivity contribution is -0.136. The number of guanidine groups is 1. The van der Waals surface area contributed by atoms with Crippen molar-refractivity contribution in [2.75, 3.05) is 54.0 Å². The third-order valence-electron chi connectivity index (χ3n) is 4.95. The second-order valence-electron chi connectivity index (χ2n) is 7.13. The van der Waals surface area contributed by atoms with Crippen molar-refractivity contribution in [2.45, 2.75) is 45.6 Å². The molecule has 1 aliphatic heterocycles. The molecule has 8 nitrogen and oxygen atoms in total. The van der Waals surface area contributed by atoms with Gasteiger partial charge in [-0.2, -0.15) is 0 Å². The first-order valence-corrected chi connectivity index (χ1v) is 9.95. The summed E-state index contributed by atoms with van der Waals surface area (Å²) in [5, 5.41) is 6.60. The van der Waals surface area contributed by atoms with Crippen molar-refractivity contribution in [1.29, 1.82) is 0 Å². The maximum Gasteiger partial charge on any atom is 0.243 e. The van der Waals surface area contributed by atoms with E-state index in [9.17, 15) is 9.59 Å². The van der Waals surface area contributed by atoms with Gasteiger partial charge in [0.05, 0.1) is 6.61 Å². The Balaban J connectivity index is 0.00000729. The zero-order valence-corrected chi connectivity index (χ0v) is 20.3. The highest BCUT2D eigenvalue weighted by molar-refractivity contribution is 14.0. The Kier molecular flexibility index (Phi) is 14.3. The summed E-state index contributed by atoms with van der Waals surface area (Å²) in [4.78, 5) is 32.2. The van der Waals surface area contributed by atoms with Crippen molar-refractivity contribution < 1.29 is 14.3 Å². The van der Waals surface area contributed by atoms with E-state index in [4.69, 9.17) is 4.74 Å². The minimum Gasteiger partial charge on any atom is -0.383 e. The third-order valence-corrected chi connectivity index (χ3v) is 4.95. The van der Waals surface area contributed by atoms with Gasteiger partial charge in [-0.25, -0.2) is 4.99 Å². The van der Waals surface area contributed by atoms with E-state index >= 15 is 0 Å². The minimum absolute atomic E-state index is 0. The van der Waals surface area contributed by atoms with Crippen LogP contribution >= 0.6 is 24.0 Å². The van der Waals surface area contributed by atoms with E-state index < -0.39 is 0 Å². The standard InChI is InChI=1S/C19H37N5O3.HI/c1-6-15(7-2)18(26)24-11-8-16(9-12-24)22-19(20-10-13-27-5)21-14-17(25)23(3)4;/h15-16H,6-14H2,1-5H3,(H2,20,21,22);1H. The van der Waals surface area contributed by atoms with E-state index in [1.165, 1.54) is 4.90 Å². The Morgan fingerprint density at radius 2 is 1.82 bits per heavy atom. The molecule has 1 aliphatic rings. The predicted molar refractivity (Wildman–Crippen MR) is 123 cm³/mol. The van der Waals surface area contributed by atoms with Gasteiger partial charge in [-0.3, -0.25) is 9.59 Å². The van der Waals surface area contributed by atoms with Gasteiger partial charge in [0.2, 0.25) is 11.8 Å². The first-order valence-electron chi connectivity index (χ1n) is 9.95. The van der Waals surface area contributed by atoms with E-state index in [-0.39, 0.29) is 54.3 Å². The van der Waals surface area contributed by atoms with Crippen molar-refractivity contribution in [3.8, 4) is 0 Å². The molecular weight excluding hydrogens is 473 g/mol. The second-order valence-corrected chi connectivity index (χ2v) is 7.13. The van der Waals surface area contributed by atoms with E-state index in [1.807, 2.05) is 4.90 Å². The topological polar surface area (TPSA) is 86.3 Å². The van der Waals surface area contributed by atoms with Crippen LogP contribution in [-0.2, 0) is 14.3 Å². The van der Waals surface area contributed by atoms with Gasteiger partial charge in [-0.15, -0.1) is 24.0 Å². The summed E-state index contributed by atoms with van der Waals surface area (Å²) >= 11 is 0. The minimum atomic E-state index is -0.0477. The van der Waals surface area contributed by atoms with Crippen molar-refractivity contribution in [3.63, 3.8) is 0 Å². The molecule has 1 saturated heterocycles. The van der Waals surface area contributed by atoms with Crippen LogP contribution in [0.5, 0.6) is 0 Å². The average Bonchev–Trinajstić information content (AvgIpc) is 2.67. The molecule has 1 heterocycles. The number of likely N-dealkylation sites (tertiary alicyclic amines) is 1. The van der Waals surface area contributed by atoms with Gasteiger partial charge in [0, 0.05) is 52.8 Å². The van der Waals surface area contributed by atoms with Crippen LogP contribution in [0.3, 0.4) is 0 Å². The normalized spacial score (nSPS) is 15.2. The number of likely N-dealkylation sites (N-methyl/N-ethyl adjacent to an activating group) is 1. The molecule has 0 aromatic carbocycles. The van der Waals surface area contributed by atoms with Gasteiger partial charge < -0.3 is 25.2 Å². The van der Waals surface area contributed by atoms with Crippen molar-refractivity contribution in [3.05, 3.63) is 0 Å². The number of carbonyl (C=O) groups excluding carboxylic acids is 2. The molecule has 2 N–H and O–H groups in total. The smallest absolute Gasteiger partial charge is 0.243 e. The number of piperidine rings is 1. The summed E-state index contributed by atoms with van der Waals surface area (Å²) in [6.07, 6.45) is 3.54. The lowest BCUT2D eigenvalue weighted by Crippen LogP contribution is -2.51. The maximum atomic E-state index is 12.5. The number of hydrogen-bond acceptors (Lipinski definition) is 4. The molecule has 0 aliphatic carbocycles. The summed E-state index contributed by atoms with van der Waals surface area (Å²) in [6.45, 7) is 6.94. The van der Waals surface area contributed by atoms with Gasteiger partial charge in [0.15, 0.2) is 5.96 Å². The van der Waals surface area contributed by atoms with Crippen LogP contribution in [0.4, 0.5) is 0 Å². The summed E-state index contributed by atoms with van der Waals surface area (Å²) in [5.41, 5.74) is 0. The Morgan fingerprint density at radius 1 is 1.21 bits per heavy atom. The summed E-state index contributed by atoms with van der Waals surface area (Å²) in [6, 6.07) is 0.235. The van der Waals surface area contributed by atoms with E-state index in [0.717, 1.165) is 38.8 Å². The van der Waals surface area contributed by atoms with Crippen LogP contribution in [0.25, 0.3) is 0 Å². The number of amides is 2. The Hall–Kier alpha value is -1.10. The number of rotatable bonds is 9. The van der Waals surface area contributed by atoms with Gasteiger partial charge >= 0.3 is 0 Å². The fourth-order valence-corrected chi connectivity index (χ4v) is 3.05. The molecule has 0 radical (unpaired) electrons. The van der Waals surface area contributed by atoms with Gasteiger partial charge in [0.1, 0.15) is 6.54 Å². The molecular formula is C19H38IN5O3. The zero-order chi connectivity index (χ0) is 20.2. The molecule has 0 aromatic rings. The molecule has 164 valence electrons. The lowest BCUT2D eigenvalue weighted by atomic mass is 9.98. The van der Waals surface area contributed by atoms with E-state index in [2.05, 4.69) is 29.5 Å². The van der Waals surface area contributed by atoms with Crippen LogP contribution in [-0.4, -0.2) is 87.6 Å². The molecule has 0 saturated carbocycles.